The van der Waals surface area contributed by atoms with E-state index < -0.39 is 11.9 Å². The Balaban J connectivity index is 1.64. The first-order valence-electron chi connectivity index (χ1n) is 10.1. The summed E-state index contributed by atoms with van der Waals surface area (Å²) in [5.74, 6) is -0.171. The fraction of sp³-hybridized carbons (Fsp3) is 0.409. The zero-order chi connectivity index (χ0) is 23.3. The van der Waals surface area contributed by atoms with E-state index >= 15 is 0 Å². The van der Waals surface area contributed by atoms with Crippen LogP contribution in [0.4, 0.5) is 5.00 Å². The van der Waals surface area contributed by atoms with Crippen molar-refractivity contribution in [1.29, 1.82) is 0 Å². The van der Waals surface area contributed by atoms with Crippen LogP contribution in [0.25, 0.3) is 0 Å². The summed E-state index contributed by atoms with van der Waals surface area (Å²) < 4.78 is 15.0. The molecule has 8 nitrogen and oxygen atoms in total. The number of benzene rings is 1. The third-order valence-electron chi connectivity index (χ3n) is 5.33. The van der Waals surface area contributed by atoms with Gasteiger partial charge in [0.2, 0.25) is 0 Å². The molecule has 1 fully saturated rings. The number of hydrogen-bond acceptors (Lipinski definition) is 8. The van der Waals surface area contributed by atoms with Gasteiger partial charge in [-0.15, -0.1) is 11.3 Å². The van der Waals surface area contributed by atoms with Crippen LogP contribution in [-0.2, 0) is 16.0 Å². The lowest BCUT2D eigenvalue weighted by Crippen LogP contribution is -2.49. The predicted octanol–water partition coefficient (Wildman–Crippen LogP) is 3.15. The highest BCUT2D eigenvalue weighted by Gasteiger charge is 2.27. The predicted molar refractivity (Wildman–Crippen MR) is 128 cm³/mol. The minimum atomic E-state index is -0.526. The van der Waals surface area contributed by atoms with Gasteiger partial charge in [0.1, 0.15) is 15.6 Å². The molecule has 172 valence electrons. The van der Waals surface area contributed by atoms with Gasteiger partial charge in [0.25, 0.3) is 0 Å². The second kappa shape index (κ2) is 10.8. The van der Waals surface area contributed by atoms with Crippen LogP contribution < -0.4 is 10.1 Å². The number of esters is 2. The van der Waals surface area contributed by atoms with E-state index in [1.807, 2.05) is 18.2 Å². The molecule has 0 radical (unpaired) electrons. The monoisotopic (exact) mass is 477 g/mol. The number of nitrogens with one attached hydrogen (secondary N) is 1. The van der Waals surface area contributed by atoms with Gasteiger partial charge in [0.05, 0.1) is 26.9 Å². The number of thiocarbonyl (C=S) groups is 1. The molecule has 1 aromatic heterocycles. The van der Waals surface area contributed by atoms with Crippen LogP contribution in [0, 0.1) is 6.92 Å². The quantitative estimate of drug-likeness (QED) is 0.498. The van der Waals surface area contributed by atoms with Crippen molar-refractivity contribution >= 4 is 45.6 Å². The Hall–Kier alpha value is -2.69. The van der Waals surface area contributed by atoms with Crippen molar-refractivity contribution in [2.75, 3.05) is 52.8 Å². The summed E-state index contributed by atoms with van der Waals surface area (Å²) in [6.45, 7) is 5.72. The first-order valence-corrected chi connectivity index (χ1v) is 11.3. The molecule has 1 N–H and O–H groups in total. The Labute approximate surface area is 197 Å². The third kappa shape index (κ3) is 5.37. The van der Waals surface area contributed by atoms with Crippen LogP contribution in [-0.4, -0.2) is 74.4 Å². The van der Waals surface area contributed by atoms with Gasteiger partial charge in [-0.1, -0.05) is 12.1 Å². The average molecular weight is 478 g/mol. The molecule has 10 heteroatoms. The molecule has 2 heterocycles. The lowest BCUT2D eigenvalue weighted by atomic mass is 10.1. The summed E-state index contributed by atoms with van der Waals surface area (Å²) in [5, 5.41) is 4.14. The highest BCUT2D eigenvalue weighted by atomic mass is 32.1. The molecular weight excluding hydrogens is 450 g/mol. The fourth-order valence-electron chi connectivity index (χ4n) is 3.55. The molecular formula is C22H27N3O5S2. The minimum absolute atomic E-state index is 0.303. The Morgan fingerprint density at radius 1 is 1.09 bits per heavy atom. The Bertz CT molecular complexity index is 999. The van der Waals surface area contributed by atoms with Gasteiger partial charge in [0, 0.05) is 32.7 Å². The van der Waals surface area contributed by atoms with Crippen molar-refractivity contribution in [3.8, 4) is 5.75 Å². The molecule has 0 amide bonds. The maximum absolute atomic E-state index is 12.3. The summed E-state index contributed by atoms with van der Waals surface area (Å²) in [7, 11) is 4.28. The number of rotatable bonds is 6. The number of hydrogen-bond donors (Lipinski definition) is 1. The molecule has 0 aliphatic carbocycles. The summed E-state index contributed by atoms with van der Waals surface area (Å²) in [6, 6.07) is 8.07. The van der Waals surface area contributed by atoms with Crippen molar-refractivity contribution in [2.45, 2.75) is 13.5 Å². The standard InChI is InChI=1S/C22H27N3O5S2/c1-14-17(20(26)29-3)19(32-18(14)21(27)30-4)23-22(31)25-10-8-24(9-11-25)13-15-6-5-7-16(12-15)28-2/h5-7,12H,8-11,13H2,1-4H3,(H,23,31). The topological polar surface area (TPSA) is 80.3 Å². The van der Waals surface area contributed by atoms with E-state index in [0.29, 0.717) is 26.1 Å². The number of piperazine rings is 1. The molecule has 0 atom stereocenters. The SMILES string of the molecule is COC(=O)c1sc(NC(=S)N2CCN(Cc3cccc(OC)c3)CC2)c(C(=O)OC)c1C. The minimum Gasteiger partial charge on any atom is -0.497 e. The first kappa shape index (κ1) is 24.0. The van der Waals surface area contributed by atoms with Crippen molar-refractivity contribution < 1.29 is 23.8 Å². The molecule has 2 aromatic rings. The van der Waals surface area contributed by atoms with Crippen LogP contribution in [0.2, 0.25) is 0 Å². The zero-order valence-corrected chi connectivity index (χ0v) is 20.2. The van der Waals surface area contributed by atoms with Crippen molar-refractivity contribution in [3.05, 3.63) is 45.8 Å². The van der Waals surface area contributed by atoms with E-state index in [0.717, 1.165) is 49.8 Å². The molecule has 3 rings (SSSR count). The smallest absolute Gasteiger partial charge is 0.348 e. The summed E-state index contributed by atoms with van der Waals surface area (Å²) in [5.41, 5.74) is 2.02. The number of anilines is 1. The van der Waals surface area contributed by atoms with E-state index in [1.165, 1.54) is 19.8 Å². The Kier molecular flexibility index (Phi) is 8.05. The van der Waals surface area contributed by atoms with E-state index in [-0.39, 0.29) is 0 Å². The number of ether oxygens (including phenoxy) is 3. The number of nitrogens with zero attached hydrogens (tertiary/aromatic N) is 2. The highest BCUT2D eigenvalue weighted by Crippen LogP contribution is 2.34. The summed E-state index contributed by atoms with van der Waals surface area (Å²) in [6.07, 6.45) is 0. The fourth-order valence-corrected chi connectivity index (χ4v) is 5.01. The maximum atomic E-state index is 12.3. The molecule has 0 saturated carbocycles. The van der Waals surface area contributed by atoms with Gasteiger partial charge >= 0.3 is 11.9 Å². The van der Waals surface area contributed by atoms with Gasteiger partial charge in [-0.2, -0.15) is 0 Å². The lowest BCUT2D eigenvalue weighted by molar-refractivity contribution is 0.0601. The normalized spacial score (nSPS) is 14.1. The van der Waals surface area contributed by atoms with Crippen LogP contribution >= 0.6 is 23.6 Å². The van der Waals surface area contributed by atoms with Gasteiger partial charge in [-0.3, -0.25) is 4.90 Å². The lowest BCUT2D eigenvalue weighted by Gasteiger charge is -2.36. The van der Waals surface area contributed by atoms with E-state index in [1.54, 1.807) is 14.0 Å². The largest absolute Gasteiger partial charge is 0.497 e. The van der Waals surface area contributed by atoms with Crippen molar-refractivity contribution in [3.63, 3.8) is 0 Å². The zero-order valence-electron chi connectivity index (χ0n) is 18.6. The van der Waals surface area contributed by atoms with Crippen LogP contribution in [0.3, 0.4) is 0 Å². The average Bonchev–Trinajstić information content (AvgIpc) is 3.14. The third-order valence-corrected chi connectivity index (χ3v) is 6.87. The summed E-state index contributed by atoms with van der Waals surface area (Å²) in [4.78, 5) is 29.2. The van der Waals surface area contributed by atoms with E-state index in [4.69, 9.17) is 26.4 Å². The van der Waals surface area contributed by atoms with Crippen LogP contribution in [0.15, 0.2) is 24.3 Å². The molecule has 0 unspecified atom stereocenters. The van der Waals surface area contributed by atoms with E-state index in [2.05, 4.69) is 21.2 Å². The van der Waals surface area contributed by atoms with Gasteiger partial charge in [-0.25, -0.2) is 9.59 Å². The Morgan fingerprint density at radius 2 is 1.78 bits per heavy atom. The van der Waals surface area contributed by atoms with Gasteiger partial charge < -0.3 is 24.4 Å². The Morgan fingerprint density at radius 3 is 2.41 bits per heavy atom. The first-order chi connectivity index (χ1) is 15.4. The maximum Gasteiger partial charge on any atom is 0.348 e. The van der Waals surface area contributed by atoms with Gasteiger partial charge in [-0.05, 0) is 42.4 Å². The second-order valence-corrected chi connectivity index (χ2v) is 8.70. The summed E-state index contributed by atoms with van der Waals surface area (Å²) >= 11 is 6.74. The van der Waals surface area contributed by atoms with Gasteiger partial charge in [0.15, 0.2) is 5.11 Å². The molecule has 1 aliphatic heterocycles. The number of methoxy groups -OCH3 is 3. The molecule has 32 heavy (non-hydrogen) atoms. The van der Waals surface area contributed by atoms with Crippen molar-refractivity contribution in [2.24, 2.45) is 0 Å². The molecule has 0 spiro atoms. The molecule has 1 saturated heterocycles. The number of thiophene rings is 1. The molecule has 1 aliphatic rings. The molecule has 0 bridgehead atoms. The second-order valence-electron chi connectivity index (χ2n) is 7.29. The van der Waals surface area contributed by atoms with Crippen molar-refractivity contribution in [1.82, 2.24) is 9.80 Å². The van der Waals surface area contributed by atoms with Crippen LogP contribution in [0.1, 0.15) is 31.2 Å². The van der Waals surface area contributed by atoms with E-state index in [9.17, 15) is 9.59 Å². The highest BCUT2D eigenvalue weighted by molar-refractivity contribution is 7.80. The van der Waals surface area contributed by atoms with Crippen LogP contribution in [0.5, 0.6) is 5.75 Å². The number of carbonyl (C=O) groups is 2. The molecule has 1 aromatic carbocycles. The number of carbonyl (C=O) groups excluding carboxylic acids is 2.